The van der Waals surface area contributed by atoms with Gasteiger partial charge in [0.15, 0.2) is 11.5 Å². The maximum absolute atomic E-state index is 13.8. The van der Waals surface area contributed by atoms with E-state index in [2.05, 4.69) is 10.0 Å². The van der Waals surface area contributed by atoms with Crippen LogP contribution in [0.15, 0.2) is 5.11 Å². The number of hydrogen-bond donors (Lipinski definition) is 2. The number of hydrogen-bond acceptors (Lipinski definition) is 11. The van der Waals surface area contributed by atoms with Crippen LogP contribution in [0.2, 0.25) is 0 Å². The van der Waals surface area contributed by atoms with Crippen LogP contribution in [0.4, 0.5) is 0 Å². The molecule has 0 radical (unpaired) electrons. The van der Waals surface area contributed by atoms with E-state index in [0.717, 1.165) is 0 Å². The lowest BCUT2D eigenvalue weighted by atomic mass is 9.93. The molecule has 2 N–H and O–H groups in total. The molecule has 3 aliphatic rings. The second-order valence-electron chi connectivity index (χ2n) is 10.8. The summed E-state index contributed by atoms with van der Waals surface area (Å²) >= 11 is -4.07. The lowest BCUT2D eigenvalue weighted by Crippen LogP contribution is -2.71. The topological polar surface area (TPSA) is 263 Å². The Kier molecular flexibility index (Phi) is 11.4. The predicted molar refractivity (Wildman–Crippen MR) is 147 cm³/mol. The van der Waals surface area contributed by atoms with Crippen molar-refractivity contribution in [1.82, 2.24) is 9.80 Å². The molecule has 3 heterocycles. The minimum absolute atomic E-state index is 0.173. The third-order valence-electron chi connectivity index (χ3n) is 7.35. The van der Waals surface area contributed by atoms with Gasteiger partial charge in [0.1, 0.15) is 22.7 Å². The molecule has 2 atom stereocenters. The number of azide groups is 1. The fraction of sp³-hybridized carbons (Fsp3) is 0.750. The Labute approximate surface area is 252 Å². The quantitative estimate of drug-likeness (QED) is 0.0554. The van der Waals surface area contributed by atoms with Crippen LogP contribution >= 0.6 is 0 Å². The molecule has 4 amide bonds. The number of carboxylic acid groups (broad SMARTS) is 2. The number of rotatable bonds is 16. The number of ether oxygens (including phenoxy) is 2. The van der Waals surface area contributed by atoms with Crippen molar-refractivity contribution < 1.29 is 57.6 Å². The Bertz CT molecular complexity index is 1120. The summed E-state index contributed by atoms with van der Waals surface area (Å²) in [5.74, 6) is -9.94. The monoisotopic (exact) mass is 647 g/mol. The van der Waals surface area contributed by atoms with Gasteiger partial charge in [0.25, 0.3) is 5.66 Å². The molecule has 0 spiro atoms. The van der Waals surface area contributed by atoms with E-state index in [1.807, 2.05) is 0 Å². The van der Waals surface area contributed by atoms with Crippen LogP contribution in [0.5, 0.6) is 0 Å². The summed E-state index contributed by atoms with van der Waals surface area (Å²) in [6.07, 6.45) is -1.14. The third kappa shape index (κ3) is 7.97. The van der Waals surface area contributed by atoms with Crippen LogP contribution in [0.3, 0.4) is 0 Å². The SMILES string of the molecule is CC1(CCCN=[N+]=[N-])OCC(C[S+]([O-])CCC(=O)O)(C[S+]([O-])CC(C(=O)O)(N2C(=O)CCC2=O)N2C(=O)CCC2=O)CO1. The zero-order chi connectivity index (χ0) is 32.0. The van der Waals surface area contributed by atoms with Crippen molar-refractivity contribution >= 4 is 57.9 Å². The van der Waals surface area contributed by atoms with Crippen LogP contribution in [-0.2, 0) is 60.6 Å². The van der Waals surface area contributed by atoms with E-state index in [-0.39, 0.29) is 56.9 Å². The van der Waals surface area contributed by atoms with Gasteiger partial charge in [-0.05, 0) is 30.1 Å². The van der Waals surface area contributed by atoms with Gasteiger partial charge in [-0.15, -0.1) is 0 Å². The Hall–Kier alpha value is -2.93. The summed E-state index contributed by atoms with van der Waals surface area (Å²) in [4.78, 5) is 78.2. The predicted octanol–water partition coefficient (Wildman–Crippen LogP) is -0.123. The first-order valence-corrected chi connectivity index (χ1v) is 16.3. The highest BCUT2D eigenvalue weighted by Gasteiger charge is 2.64. The van der Waals surface area contributed by atoms with Crippen molar-refractivity contribution in [2.24, 2.45) is 10.5 Å². The van der Waals surface area contributed by atoms with Gasteiger partial charge in [-0.1, -0.05) is 16.3 Å². The van der Waals surface area contributed by atoms with E-state index in [1.165, 1.54) is 0 Å². The Balaban J connectivity index is 1.91. The summed E-state index contributed by atoms with van der Waals surface area (Å²) in [6, 6.07) is 0. The van der Waals surface area contributed by atoms with Crippen LogP contribution in [0.25, 0.3) is 10.4 Å². The maximum Gasteiger partial charge on any atom is 0.357 e. The van der Waals surface area contributed by atoms with Crippen molar-refractivity contribution in [2.45, 2.75) is 63.3 Å². The fourth-order valence-electron chi connectivity index (χ4n) is 5.26. The van der Waals surface area contributed by atoms with E-state index >= 15 is 0 Å². The molecule has 0 aromatic heterocycles. The molecule has 19 heteroatoms. The summed E-state index contributed by atoms with van der Waals surface area (Å²) < 4.78 is 38.6. The first-order valence-electron chi connectivity index (χ1n) is 13.3. The number of imide groups is 2. The van der Waals surface area contributed by atoms with Crippen molar-refractivity contribution in [3.63, 3.8) is 0 Å². The molecule has 0 aliphatic carbocycles. The van der Waals surface area contributed by atoms with Crippen LogP contribution in [-0.4, -0.2) is 119 Å². The molecular formula is C24H33N5O12S2. The van der Waals surface area contributed by atoms with Crippen molar-refractivity contribution in [3.05, 3.63) is 10.4 Å². The molecule has 238 valence electrons. The fourth-order valence-corrected chi connectivity index (χ4v) is 8.77. The zero-order valence-corrected chi connectivity index (χ0v) is 25.1. The number of nitrogens with zero attached hydrogens (tertiary/aromatic N) is 5. The Morgan fingerprint density at radius 2 is 1.47 bits per heavy atom. The first kappa shape index (κ1) is 34.6. The second kappa shape index (κ2) is 14.2. The average molecular weight is 648 g/mol. The minimum Gasteiger partial charge on any atom is -0.616 e. The number of carboxylic acids is 2. The molecule has 3 saturated heterocycles. The summed E-state index contributed by atoms with van der Waals surface area (Å²) in [5.41, 5.74) is 4.29. The van der Waals surface area contributed by atoms with E-state index in [1.54, 1.807) is 6.92 Å². The molecule has 3 rings (SSSR count). The standard InChI is InChI=1S/C24H33N5O12S2/c1-22(8-2-9-26-27-25)40-11-23(12-41-22,13-42(38)10-7-20(34)35)14-43(39)15-24(21(36)37,28-16(30)3-4-17(28)31)29-18(32)5-6-19(29)33/h2-15H2,1H3,(H,34,35)(H,36,37). The first-order chi connectivity index (χ1) is 20.2. The molecule has 0 saturated carbocycles. The third-order valence-corrected chi connectivity index (χ3v) is 10.6. The summed E-state index contributed by atoms with van der Waals surface area (Å²) in [5, 5.41) is 22.8. The van der Waals surface area contributed by atoms with E-state index in [9.17, 15) is 43.0 Å². The number of likely N-dealkylation sites (tertiary alicyclic amines) is 2. The molecule has 0 bridgehead atoms. The van der Waals surface area contributed by atoms with Gasteiger partial charge in [0.2, 0.25) is 23.6 Å². The van der Waals surface area contributed by atoms with Gasteiger partial charge in [-0.3, -0.25) is 24.0 Å². The number of aliphatic carboxylic acids is 2. The van der Waals surface area contributed by atoms with Gasteiger partial charge in [-0.2, -0.15) is 0 Å². The molecule has 0 aromatic rings. The van der Waals surface area contributed by atoms with Crippen molar-refractivity contribution in [3.8, 4) is 0 Å². The highest BCUT2D eigenvalue weighted by molar-refractivity contribution is 7.92. The highest BCUT2D eigenvalue weighted by Crippen LogP contribution is 2.38. The van der Waals surface area contributed by atoms with Gasteiger partial charge in [-0.25, -0.2) is 14.6 Å². The summed E-state index contributed by atoms with van der Waals surface area (Å²) in [6.45, 7) is 1.40. The van der Waals surface area contributed by atoms with Crippen LogP contribution < -0.4 is 0 Å². The lowest BCUT2D eigenvalue weighted by molar-refractivity contribution is -0.290. The molecule has 17 nitrogen and oxygen atoms in total. The molecule has 2 unspecified atom stereocenters. The van der Waals surface area contributed by atoms with Crippen LogP contribution in [0.1, 0.15) is 51.9 Å². The number of carbonyl (C=O) groups is 6. The largest absolute Gasteiger partial charge is 0.616 e. The Morgan fingerprint density at radius 1 is 0.977 bits per heavy atom. The normalized spacial score (nSPS) is 26.0. The minimum atomic E-state index is -2.88. The Morgan fingerprint density at radius 3 is 1.91 bits per heavy atom. The van der Waals surface area contributed by atoms with Gasteiger partial charge in [0, 0.05) is 43.6 Å². The number of amides is 4. The highest BCUT2D eigenvalue weighted by atomic mass is 32.2. The lowest BCUT2D eigenvalue weighted by Gasteiger charge is -2.45. The van der Waals surface area contributed by atoms with Crippen molar-refractivity contribution in [2.75, 3.05) is 42.8 Å². The van der Waals surface area contributed by atoms with E-state index in [4.69, 9.17) is 20.1 Å². The van der Waals surface area contributed by atoms with E-state index < -0.39 is 92.7 Å². The molecule has 43 heavy (non-hydrogen) atoms. The maximum atomic E-state index is 13.8. The smallest absolute Gasteiger partial charge is 0.357 e. The van der Waals surface area contributed by atoms with Gasteiger partial charge < -0.3 is 28.8 Å². The van der Waals surface area contributed by atoms with Gasteiger partial charge in [0.05, 0.1) is 19.6 Å². The van der Waals surface area contributed by atoms with E-state index in [0.29, 0.717) is 22.6 Å². The molecule has 0 aromatic carbocycles. The number of carbonyl (C=O) groups excluding carboxylic acids is 4. The van der Waals surface area contributed by atoms with Crippen LogP contribution in [0, 0.1) is 5.41 Å². The van der Waals surface area contributed by atoms with Gasteiger partial charge >= 0.3 is 11.9 Å². The summed E-state index contributed by atoms with van der Waals surface area (Å²) in [7, 11) is 0. The second-order valence-corrected chi connectivity index (χ2v) is 13.8. The molecular weight excluding hydrogens is 614 g/mol. The zero-order valence-electron chi connectivity index (χ0n) is 23.4. The average Bonchev–Trinajstić information content (AvgIpc) is 3.45. The van der Waals surface area contributed by atoms with Crippen molar-refractivity contribution in [1.29, 1.82) is 0 Å². The molecule has 3 fully saturated rings. The molecule has 3 aliphatic heterocycles.